The van der Waals surface area contributed by atoms with Crippen LogP contribution in [-0.2, 0) is 13.0 Å². The third-order valence-corrected chi connectivity index (χ3v) is 7.02. The molecule has 5 rings (SSSR count). The first-order valence-electron chi connectivity index (χ1n) is 11.4. The largest absolute Gasteiger partial charge is 0.497 e. The maximum atomic E-state index is 14.4. The number of rotatable bonds is 9. The van der Waals surface area contributed by atoms with Gasteiger partial charge in [-0.1, -0.05) is 53.8 Å². The molecular formula is C28H23FN2O4S. The third kappa shape index (κ3) is 5.08. The van der Waals surface area contributed by atoms with Crippen LogP contribution >= 0.6 is 11.3 Å². The van der Waals surface area contributed by atoms with Crippen molar-refractivity contribution in [3.8, 4) is 17.1 Å². The van der Waals surface area contributed by atoms with Crippen LogP contribution in [0.2, 0.25) is 0 Å². The number of furan rings is 1. The van der Waals surface area contributed by atoms with Crippen LogP contribution in [0.25, 0.3) is 21.5 Å². The van der Waals surface area contributed by atoms with E-state index in [4.69, 9.17) is 19.2 Å². The van der Waals surface area contributed by atoms with Gasteiger partial charge in [-0.3, -0.25) is 0 Å². The number of hydrogen-bond donors (Lipinski definition) is 1. The molecule has 0 unspecified atom stereocenters. The van der Waals surface area contributed by atoms with Crippen molar-refractivity contribution in [1.29, 1.82) is 0 Å². The molecule has 0 aliphatic heterocycles. The SMILES string of the molecule is COc1ccc(CCN(Cc2ccc(-c3ccc(C(=O)O)o3)cc2)c2nc3cccc(F)c3s2)cc1. The van der Waals surface area contributed by atoms with Crippen LogP contribution < -0.4 is 9.64 Å². The van der Waals surface area contributed by atoms with E-state index in [9.17, 15) is 9.18 Å². The third-order valence-electron chi connectivity index (χ3n) is 5.88. The quantitative estimate of drug-likeness (QED) is 0.243. The minimum absolute atomic E-state index is 0.0955. The Hall–Kier alpha value is -4.17. The molecule has 0 radical (unpaired) electrons. The standard InChI is InChI=1S/C28H23FN2O4S/c1-34-21-11-7-18(8-12-21)15-16-31(28-30-23-4-2-3-22(29)26(23)36-28)17-19-5-9-20(10-6-19)24-13-14-25(35-24)27(32)33/h2-14H,15-17H2,1H3,(H,32,33). The first-order chi connectivity index (χ1) is 17.5. The number of carboxylic acids is 1. The number of methoxy groups -OCH3 is 1. The van der Waals surface area contributed by atoms with Crippen molar-refractivity contribution in [1.82, 2.24) is 4.98 Å². The number of nitrogens with zero attached hydrogens (tertiary/aromatic N) is 2. The minimum atomic E-state index is -1.10. The Kier molecular flexibility index (Phi) is 6.69. The molecule has 2 aromatic heterocycles. The molecule has 6 nitrogen and oxygen atoms in total. The lowest BCUT2D eigenvalue weighted by atomic mass is 10.1. The fourth-order valence-electron chi connectivity index (χ4n) is 3.94. The van der Waals surface area contributed by atoms with Crippen LogP contribution in [0.4, 0.5) is 9.52 Å². The summed E-state index contributed by atoms with van der Waals surface area (Å²) >= 11 is 1.35. The van der Waals surface area contributed by atoms with Gasteiger partial charge in [0.05, 0.1) is 17.3 Å². The zero-order valence-corrected chi connectivity index (χ0v) is 20.3. The summed E-state index contributed by atoms with van der Waals surface area (Å²) in [4.78, 5) is 18.0. The number of thiazole rings is 1. The van der Waals surface area contributed by atoms with Gasteiger partial charge in [-0.05, 0) is 53.9 Å². The number of carboxylic acid groups (broad SMARTS) is 1. The molecule has 36 heavy (non-hydrogen) atoms. The highest BCUT2D eigenvalue weighted by atomic mass is 32.1. The summed E-state index contributed by atoms with van der Waals surface area (Å²) in [6, 6.07) is 23.8. The van der Waals surface area contributed by atoms with Gasteiger partial charge in [-0.2, -0.15) is 0 Å². The van der Waals surface area contributed by atoms with Crippen molar-refractivity contribution in [3.63, 3.8) is 0 Å². The highest BCUT2D eigenvalue weighted by Crippen LogP contribution is 2.32. The zero-order chi connectivity index (χ0) is 25.1. The van der Waals surface area contributed by atoms with E-state index < -0.39 is 5.97 Å². The first kappa shape index (κ1) is 23.6. The second-order valence-corrected chi connectivity index (χ2v) is 9.25. The highest BCUT2D eigenvalue weighted by Gasteiger charge is 2.16. The van der Waals surface area contributed by atoms with Crippen molar-refractivity contribution in [3.05, 3.63) is 102 Å². The summed E-state index contributed by atoms with van der Waals surface area (Å²) in [5, 5.41) is 9.85. The Bertz CT molecular complexity index is 1490. The molecule has 8 heteroatoms. The number of aromatic carboxylic acids is 1. The van der Waals surface area contributed by atoms with Crippen LogP contribution in [0.5, 0.6) is 5.75 Å². The lowest BCUT2D eigenvalue weighted by Crippen LogP contribution is -2.25. The number of ether oxygens (including phenoxy) is 1. The predicted octanol–water partition coefficient (Wildman–Crippen LogP) is 6.65. The van der Waals surface area contributed by atoms with Crippen molar-refractivity contribution in [2.45, 2.75) is 13.0 Å². The molecule has 2 heterocycles. The second-order valence-electron chi connectivity index (χ2n) is 8.27. The summed E-state index contributed by atoms with van der Waals surface area (Å²) < 4.78 is 25.6. The Morgan fingerprint density at radius 3 is 2.44 bits per heavy atom. The monoisotopic (exact) mass is 502 g/mol. The topological polar surface area (TPSA) is 75.8 Å². The molecule has 0 aliphatic carbocycles. The van der Waals surface area contributed by atoms with Crippen molar-refractivity contribution in [2.24, 2.45) is 0 Å². The molecule has 1 N–H and O–H groups in total. The molecule has 3 aromatic carbocycles. The maximum absolute atomic E-state index is 14.4. The number of hydrogen-bond acceptors (Lipinski definition) is 6. The molecule has 5 aromatic rings. The normalized spacial score (nSPS) is 11.1. The van der Waals surface area contributed by atoms with E-state index >= 15 is 0 Å². The lowest BCUT2D eigenvalue weighted by molar-refractivity contribution is 0.0663. The summed E-state index contributed by atoms with van der Waals surface area (Å²) in [6.45, 7) is 1.27. The number of aromatic nitrogens is 1. The van der Waals surface area contributed by atoms with E-state index in [2.05, 4.69) is 4.90 Å². The van der Waals surface area contributed by atoms with Crippen LogP contribution in [0.3, 0.4) is 0 Å². The molecule has 0 spiro atoms. The second kappa shape index (κ2) is 10.2. The van der Waals surface area contributed by atoms with E-state index in [1.165, 1.54) is 23.5 Å². The van der Waals surface area contributed by atoms with Crippen LogP contribution in [-0.4, -0.2) is 29.7 Å². The Morgan fingerprint density at radius 1 is 1.03 bits per heavy atom. The van der Waals surface area contributed by atoms with E-state index in [-0.39, 0.29) is 11.6 Å². The number of anilines is 1. The van der Waals surface area contributed by atoms with Crippen molar-refractivity contribution in [2.75, 3.05) is 18.6 Å². The van der Waals surface area contributed by atoms with Gasteiger partial charge in [0.1, 0.15) is 17.3 Å². The average molecular weight is 503 g/mol. The molecule has 182 valence electrons. The van der Waals surface area contributed by atoms with Gasteiger partial charge < -0.3 is 19.2 Å². The van der Waals surface area contributed by atoms with Gasteiger partial charge in [0, 0.05) is 18.7 Å². The van der Waals surface area contributed by atoms with Gasteiger partial charge in [0.25, 0.3) is 0 Å². The molecule has 0 saturated carbocycles. The average Bonchev–Trinajstić information content (AvgIpc) is 3.56. The van der Waals surface area contributed by atoms with E-state index in [0.717, 1.165) is 34.0 Å². The number of carbonyl (C=O) groups is 1. The molecule has 0 bridgehead atoms. The predicted molar refractivity (Wildman–Crippen MR) is 138 cm³/mol. The summed E-state index contributed by atoms with van der Waals surface area (Å²) in [6.07, 6.45) is 0.783. The summed E-state index contributed by atoms with van der Waals surface area (Å²) in [5.41, 5.74) is 3.64. The molecular weight excluding hydrogens is 479 g/mol. The van der Waals surface area contributed by atoms with Gasteiger partial charge in [-0.15, -0.1) is 0 Å². The fourth-order valence-corrected chi connectivity index (χ4v) is 4.94. The van der Waals surface area contributed by atoms with Gasteiger partial charge >= 0.3 is 5.97 Å². The number of halogens is 1. The van der Waals surface area contributed by atoms with Crippen molar-refractivity contribution >= 4 is 32.7 Å². The lowest BCUT2D eigenvalue weighted by Gasteiger charge is -2.22. The maximum Gasteiger partial charge on any atom is 0.371 e. The summed E-state index contributed by atoms with van der Waals surface area (Å²) in [5.74, 6) is -0.157. The molecule has 0 aliphatic rings. The molecule has 0 fully saturated rings. The number of benzene rings is 3. The summed E-state index contributed by atoms with van der Waals surface area (Å²) in [7, 11) is 1.64. The molecule has 0 amide bonds. The van der Waals surface area contributed by atoms with Gasteiger partial charge in [0.2, 0.25) is 5.76 Å². The smallest absolute Gasteiger partial charge is 0.371 e. The zero-order valence-electron chi connectivity index (χ0n) is 19.5. The van der Waals surface area contributed by atoms with Gasteiger partial charge in [-0.25, -0.2) is 14.2 Å². The van der Waals surface area contributed by atoms with Crippen LogP contribution in [0.15, 0.2) is 83.3 Å². The first-order valence-corrected chi connectivity index (χ1v) is 12.2. The van der Waals surface area contributed by atoms with Crippen LogP contribution in [0, 0.1) is 5.82 Å². The van der Waals surface area contributed by atoms with E-state index in [0.29, 0.717) is 29.1 Å². The molecule has 0 atom stereocenters. The van der Waals surface area contributed by atoms with Gasteiger partial charge in [0.15, 0.2) is 5.13 Å². The highest BCUT2D eigenvalue weighted by molar-refractivity contribution is 7.22. The Balaban J connectivity index is 1.39. The minimum Gasteiger partial charge on any atom is -0.497 e. The van der Waals surface area contributed by atoms with Crippen LogP contribution in [0.1, 0.15) is 21.7 Å². The van der Waals surface area contributed by atoms with Crippen molar-refractivity contribution < 1.29 is 23.4 Å². The van der Waals surface area contributed by atoms with E-state index in [1.54, 1.807) is 19.2 Å². The fraction of sp³-hybridized carbons (Fsp3) is 0.143. The Morgan fingerprint density at radius 2 is 1.78 bits per heavy atom. The Labute approximate surface area is 211 Å². The molecule has 0 saturated heterocycles. The number of fused-ring (bicyclic) bond motifs is 1. The van der Waals surface area contributed by atoms with E-state index in [1.807, 2.05) is 54.6 Å².